The lowest BCUT2D eigenvalue weighted by Gasteiger charge is -2.26. The lowest BCUT2D eigenvalue weighted by Crippen LogP contribution is -2.58. The predicted molar refractivity (Wildman–Crippen MR) is 95.7 cm³/mol. The molecule has 2 rings (SSSR count). The average molecular weight is 381 g/mol. The van der Waals surface area contributed by atoms with Crippen LogP contribution in [0.25, 0.3) is 0 Å². The zero-order chi connectivity index (χ0) is 19.1. The van der Waals surface area contributed by atoms with E-state index in [0.717, 1.165) is 5.56 Å². The molecule has 1 aromatic heterocycles. The van der Waals surface area contributed by atoms with Crippen LogP contribution in [0.1, 0.15) is 25.8 Å². The normalized spacial score (nSPS) is 18.2. The van der Waals surface area contributed by atoms with Crippen LogP contribution in [0.2, 0.25) is 0 Å². The van der Waals surface area contributed by atoms with E-state index in [9.17, 15) is 19.2 Å². The molecule has 0 saturated carbocycles. The maximum absolute atomic E-state index is 12.4. The first-order valence-electron chi connectivity index (χ1n) is 8.45. The van der Waals surface area contributed by atoms with Crippen LogP contribution in [-0.4, -0.2) is 48.9 Å². The standard InChI is InChI=1S/C17H23N3O5S/c1-10(2)13(15(22)19-12-3-6-18-16(23)14(12)21)20-17(24)25-7-4-11-5-8-26-9-11/h5,8-10,12-13H,3-4,6-7H2,1-2H3,(H,18,23)(H,19,22)(H,20,24). The first kappa shape index (κ1) is 19.9. The van der Waals surface area contributed by atoms with Crippen LogP contribution < -0.4 is 16.0 Å². The van der Waals surface area contributed by atoms with E-state index in [1.54, 1.807) is 25.2 Å². The molecule has 142 valence electrons. The van der Waals surface area contributed by atoms with Gasteiger partial charge in [-0.05, 0) is 34.7 Å². The molecular weight excluding hydrogens is 358 g/mol. The molecule has 1 saturated heterocycles. The van der Waals surface area contributed by atoms with Crippen LogP contribution in [0.5, 0.6) is 0 Å². The Kier molecular flexibility index (Phi) is 7.14. The topological polar surface area (TPSA) is 114 Å². The Hall–Kier alpha value is -2.42. The number of carbonyl (C=O) groups excluding carboxylic acids is 4. The zero-order valence-corrected chi connectivity index (χ0v) is 15.6. The van der Waals surface area contributed by atoms with Gasteiger partial charge in [0.1, 0.15) is 6.04 Å². The van der Waals surface area contributed by atoms with E-state index >= 15 is 0 Å². The van der Waals surface area contributed by atoms with Crippen molar-refractivity contribution in [3.8, 4) is 0 Å². The quantitative estimate of drug-likeness (QED) is 0.599. The predicted octanol–water partition coefficient (Wildman–Crippen LogP) is 0.615. The summed E-state index contributed by atoms with van der Waals surface area (Å²) in [5.41, 5.74) is 1.08. The first-order chi connectivity index (χ1) is 12.4. The summed E-state index contributed by atoms with van der Waals surface area (Å²) in [5, 5.41) is 11.4. The smallest absolute Gasteiger partial charge is 0.407 e. The van der Waals surface area contributed by atoms with Gasteiger partial charge in [0.2, 0.25) is 11.7 Å². The van der Waals surface area contributed by atoms with Crippen LogP contribution in [0.15, 0.2) is 16.8 Å². The van der Waals surface area contributed by atoms with E-state index in [-0.39, 0.29) is 12.5 Å². The summed E-state index contributed by atoms with van der Waals surface area (Å²) in [6.45, 7) is 4.06. The molecular formula is C17H23N3O5S. The van der Waals surface area contributed by atoms with Gasteiger partial charge in [0.15, 0.2) is 0 Å². The van der Waals surface area contributed by atoms with Crippen LogP contribution in [-0.2, 0) is 25.5 Å². The van der Waals surface area contributed by atoms with E-state index in [1.807, 2.05) is 16.8 Å². The summed E-state index contributed by atoms with van der Waals surface area (Å²) in [5.74, 6) is -2.11. The first-order valence-corrected chi connectivity index (χ1v) is 9.39. The highest BCUT2D eigenvalue weighted by atomic mass is 32.1. The molecule has 2 unspecified atom stereocenters. The number of Topliss-reactive ketones (excluding diaryl/α,β-unsaturated/α-hetero) is 1. The van der Waals surface area contributed by atoms with E-state index in [2.05, 4.69) is 16.0 Å². The number of piperidine rings is 1. The number of ether oxygens (including phenoxy) is 1. The van der Waals surface area contributed by atoms with E-state index in [4.69, 9.17) is 4.74 Å². The van der Waals surface area contributed by atoms with Crippen molar-refractivity contribution in [2.24, 2.45) is 5.92 Å². The summed E-state index contributed by atoms with van der Waals surface area (Å²) >= 11 is 1.57. The van der Waals surface area contributed by atoms with Crippen molar-refractivity contribution in [3.63, 3.8) is 0 Å². The third-order valence-electron chi connectivity index (χ3n) is 4.00. The molecule has 2 atom stereocenters. The summed E-state index contributed by atoms with van der Waals surface area (Å²) in [6.07, 6.45) is 0.231. The molecule has 1 aliphatic heterocycles. The van der Waals surface area contributed by atoms with Gasteiger partial charge >= 0.3 is 6.09 Å². The van der Waals surface area contributed by atoms with Crippen LogP contribution in [0.4, 0.5) is 4.79 Å². The monoisotopic (exact) mass is 381 g/mol. The van der Waals surface area contributed by atoms with Crippen molar-refractivity contribution in [1.82, 2.24) is 16.0 Å². The molecule has 0 aromatic carbocycles. The van der Waals surface area contributed by atoms with Crippen molar-refractivity contribution in [3.05, 3.63) is 22.4 Å². The molecule has 8 nitrogen and oxygen atoms in total. The highest BCUT2D eigenvalue weighted by Crippen LogP contribution is 2.08. The van der Waals surface area contributed by atoms with Gasteiger partial charge in [-0.25, -0.2) is 4.79 Å². The third-order valence-corrected chi connectivity index (χ3v) is 4.73. The van der Waals surface area contributed by atoms with Crippen LogP contribution >= 0.6 is 11.3 Å². The summed E-state index contributed by atoms with van der Waals surface area (Å²) < 4.78 is 5.12. The fourth-order valence-electron chi connectivity index (χ4n) is 2.51. The van der Waals surface area contributed by atoms with Crippen LogP contribution in [0.3, 0.4) is 0 Å². The minimum Gasteiger partial charge on any atom is -0.449 e. The molecule has 1 aromatic rings. The van der Waals surface area contributed by atoms with Crippen molar-refractivity contribution >= 4 is 35.0 Å². The molecule has 1 aliphatic rings. The number of nitrogens with one attached hydrogen (secondary N) is 3. The molecule has 0 bridgehead atoms. The fourth-order valence-corrected chi connectivity index (χ4v) is 3.21. The SMILES string of the molecule is CC(C)C(NC(=O)OCCc1ccsc1)C(=O)NC1CCNC(=O)C1=O. The van der Waals surface area contributed by atoms with Gasteiger partial charge in [0, 0.05) is 13.0 Å². The van der Waals surface area contributed by atoms with Crippen LogP contribution in [0, 0.1) is 5.92 Å². The van der Waals surface area contributed by atoms with E-state index in [1.165, 1.54) is 0 Å². The van der Waals surface area contributed by atoms with E-state index in [0.29, 0.717) is 19.4 Å². The number of carbonyl (C=O) groups is 4. The Bertz CT molecular complexity index is 659. The number of thiophene rings is 1. The summed E-state index contributed by atoms with van der Waals surface area (Å²) in [7, 11) is 0. The Morgan fingerprint density at radius 3 is 2.81 bits per heavy atom. The molecule has 0 aliphatic carbocycles. The highest BCUT2D eigenvalue weighted by Gasteiger charge is 2.33. The molecule has 3 N–H and O–H groups in total. The van der Waals surface area contributed by atoms with Gasteiger partial charge < -0.3 is 20.7 Å². The maximum Gasteiger partial charge on any atom is 0.407 e. The lowest BCUT2D eigenvalue weighted by atomic mass is 10.0. The molecule has 3 amide bonds. The molecule has 26 heavy (non-hydrogen) atoms. The Morgan fingerprint density at radius 2 is 2.15 bits per heavy atom. The number of amides is 3. The maximum atomic E-state index is 12.4. The minimum atomic E-state index is -0.867. The number of rotatable bonds is 7. The van der Waals surface area contributed by atoms with Gasteiger partial charge in [0.25, 0.3) is 5.91 Å². The molecule has 2 heterocycles. The molecule has 9 heteroatoms. The van der Waals surface area contributed by atoms with Gasteiger partial charge in [-0.1, -0.05) is 13.8 Å². The van der Waals surface area contributed by atoms with Gasteiger partial charge in [-0.15, -0.1) is 0 Å². The van der Waals surface area contributed by atoms with Crippen molar-refractivity contribution < 1.29 is 23.9 Å². The minimum absolute atomic E-state index is 0.205. The summed E-state index contributed by atoms with van der Waals surface area (Å²) in [6, 6.07) is 0.225. The summed E-state index contributed by atoms with van der Waals surface area (Å²) in [4.78, 5) is 47.6. The average Bonchev–Trinajstić information content (AvgIpc) is 3.10. The molecule has 0 spiro atoms. The second-order valence-corrected chi connectivity index (χ2v) is 7.13. The fraction of sp³-hybridized carbons (Fsp3) is 0.529. The second kappa shape index (κ2) is 9.33. The number of hydrogen-bond acceptors (Lipinski definition) is 6. The lowest BCUT2D eigenvalue weighted by molar-refractivity contribution is -0.142. The van der Waals surface area contributed by atoms with Crippen molar-refractivity contribution in [2.75, 3.05) is 13.2 Å². The van der Waals surface area contributed by atoms with Gasteiger partial charge in [-0.3, -0.25) is 14.4 Å². The van der Waals surface area contributed by atoms with E-state index < -0.39 is 35.8 Å². The Morgan fingerprint density at radius 1 is 1.38 bits per heavy atom. The number of ketones is 1. The van der Waals surface area contributed by atoms with Crippen molar-refractivity contribution in [2.45, 2.75) is 38.8 Å². The highest BCUT2D eigenvalue weighted by molar-refractivity contribution is 7.07. The second-order valence-electron chi connectivity index (χ2n) is 6.35. The largest absolute Gasteiger partial charge is 0.449 e. The third kappa shape index (κ3) is 5.55. The Labute approximate surface area is 155 Å². The Balaban J connectivity index is 1.84. The molecule has 1 fully saturated rings. The molecule has 0 radical (unpaired) electrons. The van der Waals surface area contributed by atoms with Gasteiger partial charge in [-0.2, -0.15) is 11.3 Å². The van der Waals surface area contributed by atoms with Crippen molar-refractivity contribution in [1.29, 1.82) is 0 Å². The number of alkyl carbamates (subject to hydrolysis) is 1. The van der Waals surface area contributed by atoms with Gasteiger partial charge in [0.05, 0.1) is 12.6 Å². The number of hydrogen-bond donors (Lipinski definition) is 3. The zero-order valence-electron chi connectivity index (χ0n) is 14.7.